The molecule has 3 rings (SSSR count). The molecule has 0 spiro atoms. The fourth-order valence-corrected chi connectivity index (χ4v) is 3.66. The molecule has 30 heavy (non-hydrogen) atoms. The fraction of sp³-hybridized carbons (Fsp3) is 0.273. The number of aliphatic hydroxyl groups is 1. The lowest BCUT2D eigenvalue weighted by atomic mass is 10.1. The maximum absolute atomic E-state index is 12.5. The van der Waals surface area contributed by atoms with Crippen molar-refractivity contribution in [3.05, 3.63) is 65.5 Å². The molecule has 1 heterocycles. The normalized spacial score (nSPS) is 10.7. The van der Waals surface area contributed by atoms with E-state index in [1.807, 2.05) is 17.7 Å². The van der Waals surface area contributed by atoms with Crippen molar-refractivity contribution in [3.8, 4) is 11.5 Å². The second-order valence-corrected chi connectivity index (χ2v) is 7.63. The standard InChI is InChI=1S/C22H25N3O4S/c1-15-4-6-16(7-5-15)11-25-12-17(13-26)23-22(25)30-14-21(27)24-19-9-8-18(28-2)10-20(19)29-3/h4-10,12,26H,11,13-14H2,1-3H3,(H,24,27). The lowest BCUT2D eigenvalue weighted by Gasteiger charge is -2.12. The number of imidazole rings is 1. The van der Waals surface area contributed by atoms with E-state index in [9.17, 15) is 9.90 Å². The highest BCUT2D eigenvalue weighted by atomic mass is 32.2. The molecule has 0 aliphatic heterocycles. The lowest BCUT2D eigenvalue weighted by molar-refractivity contribution is -0.113. The topological polar surface area (TPSA) is 85.6 Å². The molecule has 0 bridgehead atoms. The summed E-state index contributed by atoms with van der Waals surface area (Å²) < 4.78 is 12.4. The third-order valence-electron chi connectivity index (χ3n) is 4.44. The van der Waals surface area contributed by atoms with E-state index in [4.69, 9.17) is 9.47 Å². The molecular formula is C22H25N3O4S. The Bertz CT molecular complexity index is 1000. The highest BCUT2D eigenvalue weighted by Crippen LogP contribution is 2.29. The van der Waals surface area contributed by atoms with E-state index < -0.39 is 0 Å². The van der Waals surface area contributed by atoms with Gasteiger partial charge in [-0.15, -0.1) is 0 Å². The monoisotopic (exact) mass is 427 g/mol. The number of nitrogens with zero attached hydrogens (tertiary/aromatic N) is 2. The van der Waals surface area contributed by atoms with E-state index >= 15 is 0 Å². The number of aromatic nitrogens is 2. The van der Waals surface area contributed by atoms with Gasteiger partial charge in [-0.2, -0.15) is 0 Å². The average molecular weight is 428 g/mol. The van der Waals surface area contributed by atoms with Crippen LogP contribution in [0.3, 0.4) is 0 Å². The molecule has 2 N–H and O–H groups in total. The SMILES string of the molecule is COc1ccc(NC(=O)CSc2nc(CO)cn2Cc2ccc(C)cc2)c(OC)c1. The number of nitrogens with one attached hydrogen (secondary N) is 1. The maximum atomic E-state index is 12.5. The zero-order chi connectivity index (χ0) is 21.5. The van der Waals surface area contributed by atoms with Crippen LogP contribution in [0.2, 0.25) is 0 Å². The number of rotatable bonds is 9. The van der Waals surface area contributed by atoms with Crippen LogP contribution in [0.1, 0.15) is 16.8 Å². The zero-order valence-corrected chi connectivity index (χ0v) is 18.0. The Hall–Kier alpha value is -2.97. The van der Waals surface area contributed by atoms with Gasteiger partial charge in [0.2, 0.25) is 5.91 Å². The molecule has 3 aromatic rings. The Morgan fingerprint density at radius 2 is 1.93 bits per heavy atom. The third-order valence-corrected chi connectivity index (χ3v) is 5.43. The van der Waals surface area contributed by atoms with Gasteiger partial charge in [-0.05, 0) is 24.6 Å². The molecule has 1 amide bonds. The minimum atomic E-state index is -0.182. The Labute approximate surface area is 180 Å². The molecule has 0 aliphatic rings. The molecule has 2 aromatic carbocycles. The second-order valence-electron chi connectivity index (χ2n) is 6.69. The number of aliphatic hydroxyl groups excluding tert-OH is 1. The van der Waals surface area contributed by atoms with Crippen LogP contribution in [0.25, 0.3) is 0 Å². The molecule has 0 atom stereocenters. The van der Waals surface area contributed by atoms with Crippen molar-refractivity contribution in [1.29, 1.82) is 0 Å². The summed E-state index contributed by atoms with van der Waals surface area (Å²) in [4.78, 5) is 16.9. The quantitative estimate of drug-likeness (QED) is 0.509. The van der Waals surface area contributed by atoms with Crippen molar-refractivity contribution in [2.75, 3.05) is 25.3 Å². The smallest absolute Gasteiger partial charge is 0.234 e. The Kier molecular flexibility index (Phi) is 7.37. The van der Waals surface area contributed by atoms with Gasteiger partial charge >= 0.3 is 0 Å². The van der Waals surface area contributed by atoms with Crippen LogP contribution in [0, 0.1) is 6.92 Å². The van der Waals surface area contributed by atoms with Crippen LogP contribution in [-0.2, 0) is 17.9 Å². The summed E-state index contributed by atoms with van der Waals surface area (Å²) in [6.45, 7) is 2.51. The molecule has 0 fully saturated rings. The first-order valence-electron chi connectivity index (χ1n) is 9.39. The van der Waals surface area contributed by atoms with Gasteiger partial charge in [0, 0.05) is 18.8 Å². The van der Waals surface area contributed by atoms with Crippen LogP contribution in [0.5, 0.6) is 11.5 Å². The molecule has 1 aromatic heterocycles. The number of carbonyl (C=O) groups is 1. The summed E-state index contributed by atoms with van der Waals surface area (Å²) >= 11 is 1.32. The third kappa shape index (κ3) is 5.55. The molecule has 7 nitrogen and oxygen atoms in total. The van der Waals surface area contributed by atoms with Gasteiger partial charge in [0.25, 0.3) is 0 Å². The first kappa shape index (κ1) is 21.7. The van der Waals surface area contributed by atoms with E-state index in [0.717, 1.165) is 5.56 Å². The predicted octanol–water partition coefficient (Wildman–Crippen LogP) is 3.48. The summed E-state index contributed by atoms with van der Waals surface area (Å²) in [6.07, 6.45) is 1.81. The van der Waals surface area contributed by atoms with Gasteiger partial charge in [-0.3, -0.25) is 4.79 Å². The number of hydrogen-bond donors (Lipinski definition) is 2. The van der Waals surface area contributed by atoms with Gasteiger partial charge in [0.1, 0.15) is 11.5 Å². The van der Waals surface area contributed by atoms with Crippen LogP contribution < -0.4 is 14.8 Å². The summed E-state index contributed by atoms with van der Waals surface area (Å²) in [7, 11) is 3.11. The summed E-state index contributed by atoms with van der Waals surface area (Å²) in [5.74, 6) is 1.16. The number of carbonyl (C=O) groups excluding carboxylic acids is 1. The zero-order valence-electron chi connectivity index (χ0n) is 17.2. The Morgan fingerprint density at radius 1 is 1.17 bits per heavy atom. The van der Waals surface area contributed by atoms with Gasteiger partial charge in [-0.25, -0.2) is 4.98 Å². The number of benzene rings is 2. The van der Waals surface area contributed by atoms with Gasteiger partial charge in [-0.1, -0.05) is 41.6 Å². The minimum Gasteiger partial charge on any atom is -0.497 e. The van der Waals surface area contributed by atoms with Crippen LogP contribution in [0.4, 0.5) is 5.69 Å². The lowest BCUT2D eigenvalue weighted by Crippen LogP contribution is -2.15. The summed E-state index contributed by atoms with van der Waals surface area (Å²) in [6, 6.07) is 13.4. The van der Waals surface area contributed by atoms with Crippen molar-refractivity contribution in [1.82, 2.24) is 9.55 Å². The van der Waals surface area contributed by atoms with Gasteiger partial charge in [0.15, 0.2) is 5.16 Å². The highest BCUT2D eigenvalue weighted by Gasteiger charge is 2.13. The minimum absolute atomic E-state index is 0.149. The van der Waals surface area contributed by atoms with E-state index in [2.05, 4.69) is 34.6 Å². The van der Waals surface area contributed by atoms with Crippen LogP contribution >= 0.6 is 11.8 Å². The molecule has 0 saturated carbocycles. The average Bonchev–Trinajstić information content (AvgIpc) is 3.16. The van der Waals surface area contributed by atoms with Crippen LogP contribution in [0.15, 0.2) is 53.8 Å². The molecule has 0 unspecified atom stereocenters. The maximum Gasteiger partial charge on any atom is 0.234 e. The number of thioether (sulfide) groups is 1. The second kappa shape index (κ2) is 10.2. The number of ether oxygens (including phenoxy) is 2. The summed E-state index contributed by atoms with van der Waals surface area (Å²) in [5.41, 5.74) is 3.46. The first-order chi connectivity index (χ1) is 14.5. The molecule has 158 valence electrons. The van der Waals surface area contributed by atoms with Crippen LogP contribution in [-0.4, -0.2) is 40.5 Å². The van der Waals surface area contributed by atoms with E-state index in [1.54, 1.807) is 25.3 Å². The molecule has 0 aliphatic carbocycles. The van der Waals surface area contributed by atoms with Crippen molar-refractivity contribution in [2.45, 2.75) is 25.2 Å². The molecule has 0 radical (unpaired) electrons. The van der Waals surface area contributed by atoms with Gasteiger partial charge < -0.3 is 24.5 Å². The van der Waals surface area contributed by atoms with Gasteiger partial charge in [0.05, 0.1) is 38.0 Å². The van der Waals surface area contributed by atoms with E-state index in [0.29, 0.717) is 34.6 Å². The summed E-state index contributed by atoms with van der Waals surface area (Å²) in [5, 5.41) is 13.0. The highest BCUT2D eigenvalue weighted by molar-refractivity contribution is 7.99. The Morgan fingerprint density at radius 3 is 2.60 bits per heavy atom. The molecule has 8 heteroatoms. The predicted molar refractivity (Wildman–Crippen MR) is 117 cm³/mol. The van der Waals surface area contributed by atoms with Crippen molar-refractivity contribution in [2.24, 2.45) is 0 Å². The number of hydrogen-bond acceptors (Lipinski definition) is 6. The van der Waals surface area contributed by atoms with Crippen molar-refractivity contribution in [3.63, 3.8) is 0 Å². The van der Waals surface area contributed by atoms with Crippen molar-refractivity contribution >= 4 is 23.4 Å². The van der Waals surface area contributed by atoms with E-state index in [-0.39, 0.29) is 18.3 Å². The first-order valence-corrected chi connectivity index (χ1v) is 10.4. The molecular weight excluding hydrogens is 402 g/mol. The molecule has 0 saturated heterocycles. The Balaban J connectivity index is 1.67. The number of aryl methyl sites for hydroxylation is 1. The number of amides is 1. The largest absolute Gasteiger partial charge is 0.497 e. The van der Waals surface area contributed by atoms with Crippen molar-refractivity contribution < 1.29 is 19.4 Å². The fourth-order valence-electron chi connectivity index (χ4n) is 2.86. The number of methoxy groups -OCH3 is 2. The number of anilines is 1. The van der Waals surface area contributed by atoms with E-state index in [1.165, 1.54) is 24.4 Å².